The molecule has 5 aliphatic rings. The lowest BCUT2D eigenvalue weighted by atomic mass is 9.45. The zero-order valence-corrected chi connectivity index (χ0v) is 22.0. The molecule has 36 heavy (non-hydrogen) atoms. The van der Waals surface area contributed by atoms with Crippen molar-refractivity contribution in [1.82, 2.24) is 0 Å². The van der Waals surface area contributed by atoms with Crippen LogP contribution in [-0.2, 0) is 19.1 Å². The maximum Gasteiger partial charge on any atom is 0.306 e. The van der Waals surface area contributed by atoms with Crippen molar-refractivity contribution < 1.29 is 29.3 Å². The predicted molar refractivity (Wildman–Crippen MR) is 135 cm³/mol. The molecule has 5 rings (SSSR count). The number of ether oxygens (including phenoxy) is 1. The molecule has 0 spiro atoms. The highest BCUT2D eigenvalue weighted by Gasteiger charge is 2.68. The summed E-state index contributed by atoms with van der Waals surface area (Å²) in [6, 6.07) is 0. The quantitative estimate of drug-likeness (QED) is 0.529. The van der Waals surface area contributed by atoms with Gasteiger partial charge < -0.3 is 14.9 Å². The standard InChI is InChI=1S/C30H42O6/c1-18-14-21-22-11-13-30(35,25(33)17-36-26(34)9-8-19-6-4-5-7-19)29(22,3)16-24(32)27(21)28(2)12-10-20(31)15-23(18)28/h10,12,15,18-19,21-22,24,27,32,35H,4-9,11,13-14,16-17H2,1-3H3/t18-,21-,22-,24-,27+,28-,29-,30-/m0/s1. The summed E-state index contributed by atoms with van der Waals surface area (Å²) in [6.45, 7) is 5.81. The average molecular weight is 499 g/mol. The number of hydrogen-bond donors (Lipinski definition) is 2. The van der Waals surface area contributed by atoms with Crippen LogP contribution in [-0.4, -0.2) is 46.1 Å². The highest BCUT2D eigenvalue weighted by Crippen LogP contribution is 2.67. The average Bonchev–Trinajstić information content (AvgIpc) is 3.44. The second-order valence-corrected chi connectivity index (χ2v) is 12.9. The molecule has 0 aliphatic heterocycles. The van der Waals surface area contributed by atoms with Crippen molar-refractivity contribution in [3.63, 3.8) is 0 Å². The number of fused-ring (bicyclic) bond motifs is 5. The molecule has 5 aliphatic carbocycles. The van der Waals surface area contributed by atoms with Crippen LogP contribution in [0.3, 0.4) is 0 Å². The SMILES string of the molecule is C[C@H]1C[C@@H]2[C@H]([C@@H](O)C[C@@]3(C)[C@H]2CC[C@]3(O)C(=O)COC(=O)CCC2CCCC2)[C@@]2(C)C=CC(=O)C=C12. The first-order valence-electron chi connectivity index (χ1n) is 14.0. The first-order valence-corrected chi connectivity index (χ1v) is 14.0. The van der Waals surface area contributed by atoms with Crippen LogP contribution in [0.4, 0.5) is 0 Å². The Hall–Kier alpha value is -1.79. The summed E-state index contributed by atoms with van der Waals surface area (Å²) in [7, 11) is 0. The minimum atomic E-state index is -1.62. The Balaban J connectivity index is 1.30. The number of aliphatic hydroxyl groups excluding tert-OH is 1. The molecule has 0 aromatic rings. The molecule has 8 atom stereocenters. The van der Waals surface area contributed by atoms with Gasteiger partial charge in [-0.2, -0.15) is 0 Å². The molecule has 4 saturated carbocycles. The van der Waals surface area contributed by atoms with E-state index in [1.165, 1.54) is 12.8 Å². The maximum absolute atomic E-state index is 13.4. The summed E-state index contributed by atoms with van der Waals surface area (Å²) in [5.41, 5.74) is -1.72. The third-order valence-electron chi connectivity index (χ3n) is 11.0. The number of Topliss-reactive ketones (excluding diaryl/α,β-unsaturated/α-hetero) is 1. The van der Waals surface area contributed by atoms with E-state index in [1.54, 1.807) is 12.2 Å². The van der Waals surface area contributed by atoms with Crippen molar-refractivity contribution in [2.75, 3.05) is 6.61 Å². The Morgan fingerprint density at radius 1 is 1.17 bits per heavy atom. The highest BCUT2D eigenvalue weighted by atomic mass is 16.5. The zero-order valence-electron chi connectivity index (χ0n) is 22.0. The van der Waals surface area contributed by atoms with Gasteiger partial charge in [-0.1, -0.05) is 58.1 Å². The molecule has 0 aromatic heterocycles. The van der Waals surface area contributed by atoms with E-state index in [9.17, 15) is 24.6 Å². The van der Waals surface area contributed by atoms with Gasteiger partial charge in [0.1, 0.15) is 5.60 Å². The highest BCUT2D eigenvalue weighted by molar-refractivity contribution is 6.01. The molecule has 2 N–H and O–H groups in total. The molecule has 6 heteroatoms. The third kappa shape index (κ3) is 3.94. The van der Waals surface area contributed by atoms with Crippen LogP contribution < -0.4 is 0 Å². The lowest BCUT2D eigenvalue weighted by Crippen LogP contribution is -2.62. The molecule has 0 bridgehead atoms. The minimum Gasteiger partial charge on any atom is -0.458 e. The van der Waals surface area contributed by atoms with Gasteiger partial charge >= 0.3 is 5.97 Å². The fourth-order valence-electron chi connectivity index (χ4n) is 9.17. The smallest absolute Gasteiger partial charge is 0.306 e. The van der Waals surface area contributed by atoms with Crippen molar-refractivity contribution in [2.45, 2.75) is 96.7 Å². The summed E-state index contributed by atoms with van der Waals surface area (Å²) in [5.74, 6) is 0.102. The van der Waals surface area contributed by atoms with E-state index in [0.29, 0.717) is 31.6 Å². The molecular weight excluding hydrogens is 456 g/mol. The van der Waals surface area contributed by atoms with Gasteiger partial charge in [-0.15, -0.1) is 0 Å². The van der Waals surface area contributed by atoms with Gasteiger partial charge in [0, 0.05) is 23.2 Å². The lowest BCUT2D eigenvalue weighted by molar-refractivity contribution is -0.182. The van der Waals surface area contributed by atoms with Crippen LogP contribution >= 0.6 is 0 Å². The summed E-state index contributed by atoms with van der Waals surface area (Å²) in [5, 5.41) is 23.3. The van der Waals surface area contributed by atoms with E-state index in [1.807, 2.05) is 13.0 Å². The number of carbonyl (C=O) groups is 3. The second kappa shape index (κ2) is 9.20. The minimum absolute atomic E-state index is 0.00143. The van der Waals surface area contributed by atoms with Crippen LogP contribution in [0.1, 0.15) is 85.0 Å². The summed E-state index contributed by atoms with van der Waals surface area (Å²) < 4.78 is 5.35. The molecule has 0 saturated heterocycles. The number of carbonyl (C=O) groups excluding carboxylic acids is 3. The largest absolute Gasteiger partial charge is 0.458 e. The van der Waals surface area contributed by atoms with Crippen molar-refractivity contribution in [3.05, 3.63) is 23.8 Å². The third-order valence-corrected chi connectivity index (χ3v) is 11.0. The van der Waals surface area contributed by atoms with E-state index in [4.69, 9.17) is 4.74 Å². The Bertz CT molecular complexity index is 991. The number of ketones is 2. The molecule has 0 aromatic carbocycles. The molecule has 4 fully saturated rings. The first kappa shape index (κ1) is 25.8. The maximum atomic E-state index is 13.4. The number of hydrogen-bond acceptors (Lipinski definition) is 6. The van der Waals surface area contributed by atoms with Gasteiger partial charge in [0.05, 0.1) is 6.10 Å². The summed E-state index contributed by atoms with van der Waals surface area (Å²) >= 11 is 0. The Morgan fingerprint density at radius 3 is 2.61 bits per heavy atom. The number of esters is 1. The Morgan fingerprint density at radius 2 is 1.89 bits per heavy atom. The summed E-state index contributed by atoms with van der Waals surface area (Å²) in [4.78, 5) is 37.8. The van der Waals surface area contributed by atoms with E-state index < -0.39 is 34.9 Å². The molecule has 0 heterocycles. The van der Waals surface area contributed by atoms with Crippen molar-refractivity contribution in [1.29, 1.82) is 0 Å². The van der Waals surface area contributed by atoms with Gasteiger partial charge in [-0.3, -0.25) is 14.4 Å². The summed E-state index contributed by atoms with van der Waals surface area (Å²) in [6.07, 6.45) is 12.7. The number of rotatable bonds is 6. The van der Waals surface area contributed by atoms with Gasteiger partial charge in [0.2, 0.25) is 5.78 Å². The van der Waals surface area contributed by atoms with Crippen LogP contribution in [0.2, 0.25) is 0 Å². The van der Waals surface area contributed by atoms with Gasteiger partial charge in [0.25, 0.3) is 0 Å². The lowest BCUT2D eigenvalue weighted by Gasteiger charge is -2.60. The molecule has 6 nitrogen and oxygen atoms in total. The monoisotopic (exact) mass is 498 g/mol. The van der Waals surface area contributed by atoms with Gasteiger partial charge in [0.15, 0.2) is 12.4 Å². The molecule has 0 unspecified atom stereocenters. The predicted octanol–water partition coefficient (Wildman–Crippen LogP) is 4.32. The van der Waals surface area contributed by atoms with Crippen molar-refractivity contribution in [3.8, 4) is 0 Å². The second-order valence-electron chi connectivity index (χ2n) is 12.9. The Kier molecular flexibility index (Phi) is 6.60. The molecular formula is C30H42O6. The van der Waals surface area contributed by atoms with Gasteiger partial charge in [-0.25, -0.2) is 0 Å². The molecule has 0 radical (unpaired) electrons. The zero-order chi connectivity index (χ0) is 25.9. The number of aliphatic hydroxyl groups is 2. The van der Waals surface area contributed by atoms with Crippen molar-refractivity contribution in [2.24, 2.45) is 40.4 Å². The van der Waals surface area contributed by atoms with E-state index in [0.717, 1.165) is 31.3 Å². The van der Waals surface area contributed by atoms with E-state index in [2.05, 4.69) is 13.8 Å². The van der Waals surface area contributed by atoms with Crippen LogP contribution in [0, 0.1) is 40.4 Å². The van der Waals surface area contributed by atoms with Crippen LogP contribution in [0.5, 0.6) is 0 Å². The fourth-order valence-corrected chi connectivity index (χ4v) is 9.17. The van der Waals surface area contributed by atoms with E-state index >= 15 is 0 Å². The van der Waals surface area contributed by atoms with E-state index in [-0.39, 0.29) is 35.4 Å². The number of allylic oxidation sites excluding steroid dienone is 4. The first-order chi connectivity index (χ1) is 17.0. The normalized spacial score (nSPS) is 44.0. The Labute approximate surface area is 214 Å². The molecule has 198 valence electrons. The fraction of sp³-hybridized carbons (Fsp3) is 0.767. The van der Waals surface area contributed by atoms with Crippen molar-refractivity contribution >= 4 is 17.5 Å². The van der Waals surface area contributed by atoms with Gasteiger partial charge in [-0.05, 0) is 67.9 Å². The van der Waals surface area contributed by atoms with Crippen LogP contribution in [0.15, 0.2) is 23.8 Å². The van der Waals surface area contributed by atoms with Crippen LogP contribution in [0.25, 0.3) is 0 Å². The topological polar surface area (TPSA) is 101 Å². The molecule has 0 amide bonds.